The molecule has 0 unspecified atom stereocenters. The monoisotopic (exact) mass is 368 g/mol. The van der Waals surface area contributed by atoms with Crippen molar-refractivity contribution >= 4 is 12.0 Å². The smallest absolute Gasteiger partial charge is 0.155 e. The van der Waals surface area contributed by atoms with E-state index in [1.807, 2.05) is 54.2 Å². The zero-order valence-corrected chi connectivity index (χ0v) is 16.5. The first-order valence-corrected chi connectivity index (χ1v) is 9.48. The molecular formula is C24H24N4. The predicted octanol–water partition coefficient (Wildman–Crippen LogP) is 5.40. The number of para-hydroxylation sites is 1. The lowest BCUT2D eigenvalue weighted by Gasteiger charge is -2.09. The van der Waals surface area contributed by atoms with E-state index in [2.05, 4.69) is 59.9 Å². The number of hydrogen-bond donors (Lipinski definition) is 0. The summed E-state index contributed by atoms with van der Waals surface area (Å²) in [5.41, 5.74) is 6.84. The molecule has 0 bridgehead atoms. The van der Waals surface area contributed by atoms with Crippen LogP contribution in [0.15, 0.2) is 77.8 Å². The van der Waals surface area contributed by atoms with Crippen molar-refractivity contribution in [2.75, 3.05) is 0 Å². The maximum absolute atomic E-state index is 4.76. The minimum atomic E-state index is 0.830. The maximum Gasteiger partial charge on any atom is 0.155 e. The van der Waals surface area contributed by atoms with Crippen molar-refractivity contribution in [3.05, 3.63) is 101 Å². The third-order valence-corrected chi connectivity index (χ3v) is 4.95. The Balaban J connectivity index is 1.64. The van der Waals surface area contributed by atoms with Crippen LogP contribution in [-0.4, -0.2) is 20.6 Å². The van der Waals surface area contributed by atoms with Crippen LogP contribution in [0.3, 0.4) is 0 Å². The fraction of sp³-hybridized carbons (Fsp3) is 0.167. The van der Waals surface area contributed by atoms with Gasteiger partial charge in [-0.25, -0.2) is 9.67 Å². The lowest BCUT2D eigenvalue weighted by molar-refractivity contribution is 0.749. The summed E-state index contributed by atoms with van der Waals surface area (Å²) in [5.74, 6) is 0.830. The average Bonchev–Trinajstić information content (AvgIpc) is 3.22. The molecule has 0 aliphatic rings. The highest BCUT2D eigenvalue weighted by molar-refractivity contribution is 5.83. The van der Waals surface area contributed by atoms with Crippen molar-refractivity contribution in [3.8, 4) is 5.69 Å². The minimum Gasteiger partial charge on any atom is -0.344 e. The van der Waals surface area contributed by atoms with Gasteiger partial charge in [-0.05, 0) is 44.5 Å². The molecule has 28 heavy (non-hydrogen) atoms. The van der Waals surface area contributed by atoms with Crippen molar-refractivity contribution in [2.45, 2.75) is 27.3 Å². The number of nitrogens with zero attached hydrogens (tertiary/aromatic N) is 4. The van der Waals surface area contributed by atoms with E-state index in [0.717, 1.165) is 29.3 Å². The summed E-state index contributed by atoms with van der Waals surface area (Å²) in [7, 11) is 0. The first-order chi connectivity index (χ1) is 13.6. The van der Waals surface area contributed by atoms with Crippen molar-refractivity contribution in [2.24, 2.45) is 4.99 Å². The number of rotatable bonds is 5. The Bertz CT molecular complexity index is 1100. The summed E-state index contributed by atoms with van der Waals surface area (Å²) in [6.07, 6.45) is 1.94. The molecule has 0 spiro atoms. The van der Waals surface area contributed by atoms with E-state index < -0.39 is 0 Å². The highest BCUT2D eigenvalue weighted by atomic mass is 15.3. The molecule has 0 fully saturated rings. The van der Waals surface area contributed by atoms with E-state index in [0.29, 0.717) is 0 Å². The molecule has 0 saturated heterocycles. The highest BCUT2D eigenvalue weighted by Crippen LogP contribution is 2.21. The summed E-state index contributed by atoms with van der Waals surface area (Å²) in [4.78, 5) is 4.76. The van der Waals surface area contributed by atoms with Crippen LogP contribution < -0.4 is 0 Å². The van der Waals surface area contributed by atoms with Crippen molar-refractivity contribution in [1.82, 2.24) is 14.3 Å². The zero-order chi connectivity index (χ0) is 19.5. The molecule has 0 radical (unpaired) electrons. The van der Waals surface area contributed by atoms with Gasteiger partial charge in [-0.15, -0.1) is 0 Å². The van der Waals surface area contributed by atoms with E-state index >= 15 is 0 Å². The standard InChI is InChI=1S/C24H24N4/c1-18-14-24(28(26-18)23-12-8-5-9-13-23)25-16-22-15-19(2)27(20(22)3)17-21-10-6-4-7-11-21/h4-16H,17H2,1-3H3. The molecule has 140 valence electrons. The van der Waals surface area contributed by atoms with Gasteiger partial charge in [-0.3, -0.25) is 0 Å². The summed E-state index contributed by atoms with van der Waals surface area (Å²) >= 11 is 0. The number of aliphatic imine (C=N–C) groups is 1. The second-order valence-electron chi connectivity index (χ2n) is 7.05. The SMILES string of the molecule is Cc1cc(N=Cc2cc(C)n(Cc3ccccc3)c2C)n(-c2ccccc2)n1. The van der Waals surface area contributed by atoms with Crippen LogP contribution >= 0.6 is 0 Å². The maximum atomic E-state index is 4.76. The molecule has 0 saturated carbocycles. The van der Waals surface area contributed by atoms with Crippen molar-refractivity contribution in [1.29, 1.82) is 0 Å². The second-order valence-corrected chi connectivity index (χ2v) is 7.05. The van der Waals surface area contributed by atoms with Gasteiger partial charge in [0.1, 0.15) is 0 Å². The Labute approximate surface area is 165 Å². The Morgan fingerprint density at radius 1 is 0.893 bits per heavy atom. The van der Waals surface area contributed by atoms with Gasteiger partial charge in [-0.1, -0.05) is 48.5 Å². The third kappa shape index (κ3) is 3.67. The lowest BCUT2D eigenvalue weighted by atomic mass is 10.2. The highest BCUT2D eigenvalue weighted by Gasteiger charge is 2.10. The summed E-state index contributed by atoms with van der Waals surface area (Å²) < 4.78 is 4.21. The number of benzene rings is 2. The molecule has 4 heteroatoms. The van der Waals surface area contributed by atoms with E-state index in [4.69, 9.17) is 4.99 Å². The summed E-state index contributed by atoms with van der Waals surface area (Å²) in [6, 6.07) is 24.8. The molecule has 4 nitrogen and oxygen atoms in total. The van der Waals surface area contributed by atoms with E-state index in [1.54, 1.807) is 0 Å². The molecule has 0 atom stereocenters. The van der Waals surface area contributed by atoms with Crippen LogP contribution in [0.4, 0.5) is 5.82 Å². The average molecular weight is 368 g/mol. The van der Waals surface area contributed by atoms with Crippen LogP contribution in [-0.2, 0) is 6.54 Å². The van der Waals surface area contributed by atoms with Crippen LogP contribution in [0, 0.1) is 20.8 Å². The number of hydrogen-bond acceptors (Lipinski definition) is 2. The van der Waals surface area contributed by atoms with Crippen molar-refractivity contribution in [3.63, 3.8) is 0 Å². The molecule has 4 rings (SSSR count). The van der Waals surface area contributed by atoms with Gasteiger partial charge in [0.15, 0.2) is 5.82 Å². The van der Waals surface area contributed by atoms with Crippen LogP contribution in [0.25, 0.3) is 5.69 Å². The Hall–Kier alpha value is -3.40. The molecule has 2 aromatic heterocycles. The Morgan fingerprint density at radius 3 is 2.29 bits per heavy atom. The summed E-state index contributed by atoms with van der Waals surface area (Å²) in [5, 5.41) is 4.59. The molecule has 0 N–H and O–H groups in total. The second kappa shape index (κ2) is 7.69. The van der Waals surface area contributed by atoms with Crippen LogP contribution in [0.1, 0.15) is 28.2 Å². The normalized spacial score (nSPS) is 11.4. The van der Waals surface area contributed by atoms with Gasteiger partial charge in [0, 0.05) is 35.8 Å². The van der Waals surface area contributed by atoms with Crippen LogP contribution in [0.2, 0.25) is 0 Å². The molecule has 0 amide bonds. The van der Waals surface area contributed by atoms with E-state index in [9.17, 15) is 0 Å². The van der Waals surface area contributed by atoms with E-state index in [-0.39, 0.29) is 0 Å². The molecule has 2 heterocycles. The summed E-state index contributed by atoms with van der Waals surface area (Å²) in [6.45, 7) is 7.15. The number of aromatic nitrogens is 3. The molecule has 0 aliphatic carbocycles. The minimum absolute atomic E-state index is 0.830. The molecule has 4 aromatic rings. The lowest BCUT2D eigenvalue weighted by Crippen LogP contribution is -2.04. The van der Waals surface area contributed by atoms with Crippen molar-refractivity contribution < 1.29 is 0 Å². The zero-order valence-electron chi connectivity index (χ0n) is 16.5. The van der Waals surface area contributed by atoms with Crippen LogP contribution in [0.5, 0.6) is 0 Å². The largest absolute Gasteiger partial charge is 0.344 e. The molecule has 0 aliphatic heterocycles. The topological polar surface area (TPSA) is 35.1 Å². The first-order valence-electron chi connectivity index (χ1n) is 9.48. The van der Waals surface area contributed by atoms with Gasteiger partial charge in [0.2, 0.25) is 0 Å². The quantitative estimate of drug-likeness (QED) is 0.435. The first kappa shape index (κ1) is 18.0. The fourth-order valence-electron chi connectivity index (χ4n) is 3.44. The Morgan fingerprint density at radius 2 is 1.57 bits per heavy atom. The third-order valence-electron chi connectivity index (χ3n) is 4.95. The Kier molecular flexibility index (Phi) is 4.94. The van der Waals surface area contributed by atoms with E-state index in [1.165, 1.54) is 17.0 Å². The van der Waals surface area contributed by atoms with Gasteiger partial charge in [-0.2, -0.15) is 5.10 Å². The fourth-order valence-corrected chi connectivity index (χ4v) is 3.44. The number of aryl methyl sites for hydroxylation is 2. The predicted molar refractivity (Wildman–Crippen MR) is 115 cm³/mol. The van der Waals surface area contributed by atoms with Gasteiger partial charge >= 0.3 is 0 Å². The molecule has 2 aromatic carbocycles. The van der Waals surface area contributed by atoms with Gasteiger partial charge in [0.05, 0.1) is 11.4 Å². The molecular weight excluding hydrogens is 344 g/mol. The van der Waals surface area contributed by atoms with Gasteiger partial charge < -0.3 is 4.57 Å². The van der Waals surface area contributed by atoms with Gasteiger partial charge in [0.25, 0.3) is 0 Å².